The highest BCUT2D eigenvalue weighted by molar-refractivity contribution is 7.91. The van der Waals surface area contributed by atoms with Gasteiger partial charge in [-0.1, -0.05) is 27.7 Å². The van der Waals surface area contributed by atoms with E-state index in [-0.39, 0.29) is 28.2 Å². The summed E-state index contributed by atoms with van der Waals surface area (Å²) in [7, 11) is -2.98. The van der Waals surface area contributed by atoms with Gasteiger partial charge in [0.15, 0.2) is 9.84 Å². The molecule has 0 aliphatic carbocycles. The van der Waals surface area contributed by atoms with Gasteiger partial charge in [0, 0.05) is 18.5 Å². The molecular formula is C16H31NO3S. The number of amides is 1. The molecule has 0 spiro atoms. The van der Waals surface area contributed by atoms with E-state index in [0.717, 1.165) is 12.8 Å². The van der Waals surface area contributed by atoms with Crippen molar-refractivity contribution in [2.24, 2.45) is 17.3 Å². The Kier molecular flexibility index (Phi) is 5.87. The maximum atomic E-state index is 12.6. The monoisotopic (exact) mass is 317 g/mol. The maximum Gasteiger partial charge on any atom is 0.228 e. The largest absolute Gasteiger partial charge is 0.342 e. The Hall–Kier alpha value is -0.580. The number of likely N-dealkylation sites (tertiary alicyclic amines) is 1. The molecule has 1 amide bonds. The van der Waals surface area contributed by atoms with Gasteiger partial charge in [0.1, 0.15) is 0 Å². The van der Waals surface area contributed by atoms with Crippen LogP contribution in [0.15, 0.2) is 0 Å². The molecule has 0 atom stereocenters. The summed E-state index contributed by atoms with van der Waals surface area (Å²) < 4.78 is 24.0. The molecular weight excluding hydrogens is 286 g/mol. The number of nitrogens with zero attached hydrogens (tertiary/aromatic N) is 1. The Morgan fingerprint density at radius 2 is 1.62 bits per heavy atom. The summed E-state index contributed by atoms with van der Waals surface area (Å²) in [4.78, 5) is 14.5. The van der Waals surface area contributed by atoms with Crippen molar-refractivity contribution in [2.75, 3.05) is 18.8 Å². The topological polar surface area (TPSA) is 54.5 Å². The van der Waals surface area contributed by atoms with Crippen LogP contribution in [-0.2, 0) is 14.6 Å². The van der Waals surface area contributed by atoms with E-state index >= 15 is 0 Å². The lowest BCUT2D eigenvalue weighted by Gasteiger charge is -2.38. The molecule has 1 rings (SSSR count). The predicted octanol–water partition coefficient (Wildman–Crippen LogP) is 2.73. The molecule has 1 aliphatic rings. The third kappa shape index (κ3) is 4.44. The van der Waals surface area contributed by atoms with Crippen molar-refractivity contribution in [1.29, 1.82) is 0 Å². The van der Waals surface area contributed by atoms with E-state index < -0.39 is 9.84 Å². The van der Waals surface area contributed by atoms with Gasteiger partial charge >= 0.3 is 0 Å². The summed E-state index contributed by atoms with van der Waals surface area (Å²) in [6.45, 7) is 13.0. The fourth-order valence-corrected chi connectivity index (χ4v) is 3.85. The first-order valence-electron chi connectivity index (χ1n) is 7.99. The summed E-state index contributed by atoms with van der Waals surface area (Å²) in [5.41, 5.74) is -0.350. The average molecular weight is 317 g/mol. The van der Waals surface area contributed by atoms with E-state index in [2.05, 4.69) is 13.8 Å². The second-order valence-corrected chi connectivity index (χ2v) is 10.1. The highest BCUT2D eigenvalue weighted by Gasteiger charge is 2.37. The van der Waals surface area contributed by atoms with Crippen molar-refractivity contribution in [3.63, 3.8) is 0 Å². The maximum absolute atomic E-state index is 12.6. The van der Waals surface area contributed by atoms with E-state index in [1.54, 1.807) is 13.8 Å². The number of hydrogen-bond acceptors (Lipinski definition) is 3. The minimum Gasteiger partial charge on any atom is -0.342 e. The molecule has 0 N–H and O–H groups in total. The first-order chi connectivity index (χ1) is 9.48. The molecule has 0 radical (unpaired) electrons. The smallest absolute Gasteiger partial charge is 0.228 e. The molecule has 21 heavy (non-hydrogen) atoms. The molecule has 5 heteroatoms. The summed E-state index contributed by atoms with van der Waals surface area (Å²) in [6.07, 6.45) is 1.59. The van der Waals surface area contributed by atoms with Crippen LogP contribution in [0.5, 0.6) is 0 Å². The van der Waals surface area contributed by atoms with Gasteiger partial charge in [-0.05, 0) is 38.5 Å². The Labute approximate surface area is 130 Å². The number of piperidine rings is 1. The molecule has 0 aromatic rings. The van der Waals surface area contributed by atoms with Crippen molar-refractivity contribution in [3.05, 3.63) is 0 Å². The molecule has 1 saturated heterocycles. The van der Waals surface area contributed by atoms with Crippen LogP contribution in [0, 0.1) is 17.3 Å². The van der Waals surface area contributed by atoms with Gasteiger partial charge in [-0.15, -0.1) is 0 Å². The molecule has 0 bridgehead atoms. The quantitative estimate of drug-likeness (QED) is 0.783. The second-order valence-electron chi connectivity index (χ2n) is 7.49. The van der Waals surface area contributed by atoms with E-state index in [4.69, 9.17) is 0 Å². The summed E-state index contributed by atoms with van der Waals surface area (Å²) >= 11 is 0. The normalized spacial score (nSPS) is 18.6. The fourth-order valence-electron chi connectivity index (χ4n) is 2.48. The molecule has 0 unspecified atom stereocenters. The molecule has 1 heterocycles. The zero-order chi connectivity index (χ0) is 16.4. The third-order valence-corrected chi connectivity index (χ3v) is 7.46. The predicted molar refractivity (Wildman–Crippen MR) is 86.8 cm³/mol. The standard InChI is InChI=1S/C16H31NO3S/c1-12(2)16(5,6)15(18)17-9-7-14(8-10-17)11-21(19,20)13(3)4/h12-14H,7-11H2,1-6H3. The molecule has 0 saturated carbocycles. The molecule has 0 aromatic heterocycles. The van der Waals surface area contributed by atoms with Crippen LogP contribution in [0.1, 0.15) is 54.4 Å². The van der Waals surface area contributed by atoms with Gasteiger partial charge in [0.2, 0.25) is 5.91 Å². The van der Waals surface area contributed by atoms with Crippen molar-refractivity contribution in [3.8, 4) is 0 Å². The second kappa shape index (κ2) is 6.67. The van der Waals surface area contributed by atoms with Gasteiger partial charge in [-0.3, -0.25) is 4.79 Å². The molecule has 1 aliphatic heterocycles. The van der Waals surface area contributed by atoms with Crippen LogP contribution >= 0.6 is 0 Å². The molecule has 4 nitrogen and oxygen atoms in total. The SMILES string of the molecule is CC(C)C(C)(C)C(=O)N1CCC(CS(=O)(=O)C(C)C)CC1. The minimum absolute atomic E-state index is 0.197. The first kappa shape index (κ1) is 18.5. The van der Waals surface area contributed by atoms with Gasteiger partial charge in [-0.2, -0.15) is 0 Å². The van der Waals surface area contributed by atoms with Crippen LogP contribution < -0.4 is 0 Å². The van der Waals surface area contributed by atoms with E-state index in [1.165, 1.54) is 0 Å². The number of sulfone groups is 1. The van der Waals surface area contributed by atoms with Crippen LogP contribution in [0.2, 0.25) is 0 Å². The average Bonchev–Trinajstić information content (AvgIpc) is 2.37. The number of carbonyl (C=O) groups excluding carboxylic acids is 1. The third-order valence-electron chi connectivity index (χ3n) is 5.08. The Morgan fingerprint density at radius 1 is 1.14 bits per heavy atom. The number of hydrogen-bond donors (Lipinski definition) is 0. The Balaban J connectivity index is 2.59. The van der Waals surface area contributed by atoms with E-state index in [0.29, 0.717) is 19.0 Å². The van der Waals surface area contributed by atoms with Gasteiger partial charge < -0.3 is 4.90 Å². The highest BCUT2D eigenvalue weighted by Crippen LogP contribution is 2.31. The molecule has 1 fully saturated rings. The van der Waals surface area contributed by atoms with Gasteiger partial charge in [-0.25, -0.2) is 8.42 Å². The zero-order valence-electron chi connectivity index (χ0n) is 14.3. The number of rotatable bonds is 5. The van der Waals surface area contributed by atoms with E-state index in [1.807, 2.05) is 18.7 Å². The van der Waals surface area contributed by atoms with Crippen LogP contribution in [-0.4, -0.2) is 43.3 Å². The van der Waals surface area contributed by atoms with Gasteiger partial charge in [0.25, 0.3) is 0 Å². The fraction of sp³-hybridized carbons (Fsp3) is 0.938. The Bertz CT molecular complexity index is 458. The van der Waals surface area contributed by atoms with E-state index in [9.17, 15) is 13.2 Å². The zero-order valence-corrected chi connectivity index (χ0v) is 15.2. The lowest BCUT2D eigenvalue weighted by Crippen LogP contribution is -2.47. The summed E-state index contributed by atoms with van der Waals surface area (Å²) in [5, 5.41) is -0.308. The molecule has 0 aromatic carbocycles. The van der Waals surface area contributed by atoms with Crippen LogP contribution in [0.3, 0.4) is 0 Å². The molecule has 124 valence electrons. The summed E-state index contributed by atoms with van der Waals surface area (Å²) in [6, 6.07) is 0. The Morgan fingerprint density at radius 3 is 2.00 bits per heavy atom. The number of carbonyl (C=O) groups is 1. The highest BCUT2D eigenvalue weighted by atomic mass is 32.2. The minimum atomic E-state index is -2.98. The van der Waals surface area contributed by atoms with Gasteiger partial charge in [0.05, 0.1) is 11.0 Å². The van der Waals surface area contributed by atoms with Crippen LogP contribution in [0.25, 0.3) is 0 Å². The van der Waals surface area contributed by atoms with Crippen molar-refractivity contribution < 1.29 is 13.2 Å². The van der Waals surface area contributed by atoms with Crippen molar-refractivity contribution in [2.45, 2.75) is 59.6 Å². The van der Waals surface area contributed by atoms with Crippen molar-refractivity contribution in [1.82, 2.24) is 4.90 Å². The lowest BCUT2D eigenvalue weighted by atomic mass is 9.79. The first-order valence-corrected chi connectivity index (χ1v) is 9.71. The lowest BCUT2D eigenvalue weighted by molar-refractivity contribution is -0.144. The van der Waals surface area contributed by atoms with Crippen molar-refractivity contribution >= 4 is 15.7 Å². The van der Waals surface area contributed by atoms with Crippen LogP contribution in [0.4, 0.5) is 0 Å². The summed E-state index contributed by atoms with van der Waals surface area (Å²) in [5.74, 6) is 0.954.